The molecule has 0 radical (unpaired) electrons. The van der Waals surface area contributed by atoms with Crippen molar-refractivity contribution in [2.75, 3.05) is 0 Å². The Kier molecular flexibility index (Phi) is 3.23. The summed E-state index contributed by atoms with van der Waals surface area (Å²) in [5, 5.41) is 16.6. The first-order chi connectivity index (χ1) is 10.2. The third-order valence-electron chi connectivity index (χ3n) is 5.29. The van der Waals surface area contributed by atoms with E-state index in [0.717, 1.165) is 19.4 Å². The van der Waals surface area contributed by atoms with Gasteiger partial charge in [0.05, 0.1) is 5.92 Å². The molecule has 0 saturated heterocycles. The molecule has 2 bridgehead atoms. The fraction of sp³-hybridized carbons (Fsp3) is 0.471. The lowest BCUT2D eigenvalue weighted by Gasteiger charge is -2.29. The second kappa shape index (κ2) is 5.11. The van der Waals surface area contributed by atoms with Gasteiger partial charge in [-0.1, -0.05) is 18.2 Å². The quantitative estimate of drug-likeness (QED) is 0.909. The molecule has 2 N–H and O–H groups in total. The van der Waals surface area contributed by atoms with Crippen LogP contribution in [0.25, 0.3) is 10.1 Å². The Bertz CT molecular complexity index is 680. The second-order valence-corrected chi connectivity index (χ2v) is 7.27. The standard InChI is InChI=1S/C17H19NO2S/c19-17(20)15-10-5-6-11(7-10)16(15)18-8-12-9-21-14-4-2-1-3-13(12)14/h1-4,9-11,15-16,18H,5-8H2,(H,19,20). The van der Waals surface area contributed by atoms with E-state index < -0.39 is 5.97 Å². The van der Waals surface area contributed by atoms with Gasteiger partial charge < -0.3 is 10.4 Å². The van der Waals surface area contributed by atoms with E-state index in [1.165, 1.54) is 22.1 Å². The van der Waals surface area contributed by atoms with Crippen LogP contribution in [0, 0.1) is 17.8 Å². The average molecular weight is 301 g/mol. The predicted molar refractivity (Wildman–Crippen MR) is 84.4 cm³/mol. The molecule has 2 aromatic rings. The number of carboxylic acid groups (broad SMARTS) is 1. The summed E-state index contributed by atoms with van der Waals surface area (Å²) < 4.78 is 1.30. The molecule has 1 heterocycles. The van der Waals surface area contributed by atoms with Crippen LogP contribution in [-0.2, 0) is 11.3 Å². The van der Waals surface area contributed by atoms with Gasteiger partial charge in [-0.2, -0.15) is 0 Å². The summed E-state index contributed by atoms with van der Waals surface area (Å²) in [5.41, 5.74) is 1.29. The molecule has 21 heavy (non-hydrogen) atoms. The maximum atomic E-state index is 11.5. The van der Waals surface area contributed by atoms with Crippen LogP contribution in [0.1, 0.15) is 24.8 Å². The maximum Gasteiger partial charge on any atom is 0.308 e. The highest BCUT2D eigenvalue weighted by molar-refractivity contribution is 7.17. The first-order valence-electron chi connectivity index (χ1n) is 7.65. The normalized spacial score (nSPS) is 31.0. The molecule has 2 fully saturated rings. The molecule has 0 amide bonds. The molecule has 1 aromatic carbocycles. The Hall–Kier alpha value is -1.39. The highest BCUT2D eigenvalue weighted by atomic mass is 32.1. The van der Waals surface area contributed by atoms with E-state index in [2.05, 4.69) is 35.0 Å². The number of benzene rings is 1. The number of carbonyl (C=O) groups is 1. The number of carboxylic acids is 1. The Morgan fingerprint density at radius 3 is 2.95 bits per heavy atom. The average Bonchev–Trinajstić information content (AvgIpc) is 3.18. The predicted octanol–water partition coefficient (Wildman–Crippen LogP) is 3.49. The summed E-state index contributed by atoms with van der Waals surface area (Å²) >= 11 is 1.76. The van der Waals surface area contributed by atoms with Gasteiger partial charge in [0, 0.05) is 17.3 Å². The van der Waals surface area contributed by atoms with E-state index in [1.807, 2.05) is 0 Å². The van der Waals surface area contributed by atoms with Crippen LogP contribution < -0.4 is 5.32 Å². The molecule has 2 aliphatic rings. The van der Waals surface area contributed by atoms with Gasteiger partial charge in [0.2, 0.25) is 0 Å². The van der Waals surface area contributed by atoms with Crippen molar-refractivity contribution in [1.82, 2.24) is 5.32 Å². The third-order valence-corrected chi connectivity index (χ3v) is 6.30. The molecule has 2 saturated carbocycles. The molecular weight excluding hydrogens is 282 g/mol. The molecule has 4 unspecified atom stereocenters. The van der Waals surface area contributed by atoms with Gasteiger partial charge in [-0.05, 0) is 53.5 Å². The number of fused-ring (bicyclic) bond motifs is 3. The van der Waals surface area contributed by atoms with Crippen molar-refractivity contribution in [2.24, 2.45) is 17.8 Å². The second-order valence-electron chi connectivity index (χ2n) is 6.36. The third kappa shape index (κ3) is 2.17. The molecule has 0 spiro atoms. The monoisotopic (exact) mass is 301 g/mol. The van der Waals surface area contributed by atoms with Gasteiger partial charge in [-0.3, -0.25) is 4.79 Å². The van der Waals surface area contributed by atoms with Crippen molar-refractivity contribution < 1.29 is 9.90 Å². The minimum atomic E-state index is -0.616. The zero-order chi connectivity index (χ0) is 14.4. The molecule has 2 aliphatic carbocycles. The number of hydrogen-bond acceptors (Lipinski definition) is 3. The van der Waals surface area contributed by atoms with Crippen LogP contribution >= 0.6 is 11.3 Å². The minimum absolute atomic E-state index is 0.153. The molecular formula is C17H19NO2S. The highest BCUT2D eigenvalue weighted by Gasteiger charge is 2.50. The Morgan fingerprint density at radius 1 is 1.29 bits per heavy atom. The Labute approximate surface area is 128 Å². The first kappa shape index (κ1) is 13.3. The van der Waals surface area contributed by atoms with Crippen molar-refractivity contribution in [3.05, 3.63) is 35.2 Å². The van der Waals surface area contributed by atoms with Crippen molar-refractivity contribution in [2.45, 2.75) is 31.8 Å². The van der Waals surface area contributed by atoms with Crippen LogP contribution in [0.4, 0.5) is 0 Å². The van der Waals surface area contributed by atoms with Crippen LogP contribution in [0.3, 0.4) is 0 Å². The Morgan fingerprint density at radius 2 is 2.10 bits per heavy atom. The summed E-state index contributed by atoms with van der Waals surface area (Å²) in [7, 11) is 0. The fourth-order valence-corrected chi connectivity index (χ4v) is 5.30. The lowest BCUT2D eigenvalue weighted by molar-refractivity contribution is -0.144. The van der Waals surface area contributed by atoms with E-state index >= 15 is 0 Å². The number of thiophene rings is 1. The topological polar surface area (TPSA) is 49.3 Å². The minimum Gasteiger partial charge on any atom is -0.481 e. The van der Waals surface area contributed by atoms with E-state index in [4.69, 9.17) is 0 Å². The molecule has 1 aromatic heterocycles. The van der Waals surface area contributed by atoms with Gasteiger partial charge in [0.25, 0.3) is 0 Å². The van der Waals surface area contributed by atoms with E-state index in [9.17, 15) is 9.90 Å². The van der Waals surface area contributed by atoms with Crippen molar-refractivity contribution in [1.29, 1.82) is 0 Å². The molecule has 4 heteroatoms. The largest absolute Gasteiger partial charge is 0.481 e. The van der Waals surface area contributed by atoms with Gasteiger partial charge in [-0.25, -0.2) is 0 Å². The van der Waals surface area contributed by atoms with Crippen LogP contribution in [0.15, 0.2) is 29.6 Å². The van der Waals surface area contributed by atoms with Crippen LogP contribution in [-0.4, -0.2) is 17.1 Å². The molecule has 0 aliphatic heterocycles. The van der Waals surface area contributed by atoms with Crippen molar-refractivity contribution in [3.63, 3.8) is 0 Å². The summed E-state index contributed by atoms with van der Waals surface area (Å²) in [4.78, 5) is 11.5. The SMILES string of the molecule is O=C(O)C1C2CCC(C2)C1NCc1csc2ccccc12. The molecule has 4 atom stereocenters. The molecule has 4 rings (SSSR count). The maximum absolute atomic E-state index is 11.5. The van der Waals surface area contributed by atoms with Crippen molar-refractivity contribution in [3.8, 4) is 0 Å². The van der Waals surface area contributed by atoms with E-state index in [-0.39, 0.29) is 12.0 Å². The lowest BCUT2D eigenvalue weighted by atomic mass is 9.84. The summed E-state index contributed by atoms with van der Waals surface area (Å²) in [6, 6.07) is 8.57. The number of rotatable bonds is 4. The van der Waals surface area contributed by atoms with Crippen LogP contribution in [0.5, 0.6) is 0 Å². The number of aliphatic carboxylic acids is 1. The van der Waals surface area contributed by atoms with Crippen LogP contribution in [0.2, 0.25) is 0 Å². The van der Waals surface area contributed by atoms with Gasteiger partial charge in [0.15, 0.2) is 0 Å². The smallest absolute Gasteiger partial charge is 0.308 e. The molecule has 110 valence electrons. The zero-order valence-electron chi connectivity index (χ0n) is 11.8. The van der Waals surface area contributed by atoms with Crippen molar-refractivity contribution >= 4 is 27.4 Å². The lowest BCUT2D eigenvalue weighted by Crippen LogP contribution is -2.43. The summed E-state index contributed by atoms with van der Waals surface area (Å²) in [6.45, 7) is 0.779. The number of hydrogen-bond donors (Lipinski definition) is 2. The Balaban J connectivity index is 1.52. The zero-order valence-corrected chi connectivity index (χ0v) is 12.6. The van der Waals surface area contributed by atoms with Gasteiger partial charge in [-0.15, -0.1) is 11.3 Å². The van der Waals surface area contributed by atoms with Gasteiger partial charge >= 0.3 is 5.97 Å². The summed E-state index contributed by atoms with van der Waals surface area (Å²) in [6.07, 6.45) is 3.39. The first-order valence-corrected chi connectivity index (χ1v) is 8.53. The summed E-state index contributed by atoms with van der Waals surface area (Å²) in [5.74, 6) is 0.147. The fourth-order valence-electron chi connectivity index (χ4n) is 4.34. The van der Waals surface area contributed by atoms with E-state index in [0.29, 0.717) is 11.8 Å². The van der Waals surface area contributed by atoms with E-state index in [1.54, 1.807) is 11.3 Å². The van der Waals surface area contributed by atoms with Gasteiger partial charge in [0.1, 0.15) is 0 Å². The highest BCUT2D eigenvalue weighted by Crippen LogP contribution is 2.48. The molecule has 3 nitrogen and oxygen atoms in total. The number of nitrogens with one attached hydrogen (secondary N) is 1.